The molecule has 0 radical (unpaired) electrons. The summed E-state index contributed by atoms with van der Waals surface area (Å²) < 4.78 is 6.12. The van der Waals surface area contributed by atoms with Gasteiger partial charge in [-0.15, -0.1) is 0 Å². The van der Waals surface area contributed by atoms with Crippen LogP contribution in [0.25, 0.3) is 0 Å². The highest BCUT2D eigenvalue weighted by Gasteiger charge is 2.40. The first-order valence-electron chi connectivity index (χ1n) is 9.62. The molecule has 5 nitrogen and oxygen atoms in total. The highest BCUT2D eigenvalue weighted by Crippen LogP contribution is 2.29. The number of carbonyl (C=O) groups excluding carboxylic acids is 1. The van der Waals surface area contributed by atoms with Gasteiger partial charge in [-0.25, -0.2) is 4.79 Å². The number of benzene rings is 1. The Balaban J connectivity index is 1.51. The van der Waals surface area contributed by atoms with Gasteiger partial charge in [-0.1, -0.05) is 18.2 Å². The quantitative estimate of drug-likeness (QED) is 0.870. The highest BCUT2D eigenvalue weighted by atomic mass is 16.5. The van der Waals surface area contributed by atoms with Crippen LogP contribution in [-0.2, 0) is 0 Å². The number of likely N-dealkylation sites (tertiary alicyclic amines) is 1. The molecule has 2 aliphatic rings. The molecule has 2 fully saturated rings. The van der Waals surface area contributed by atoms with E-state index in [2.05, 4.69) is 64.3 Å². The van der Waals surface area contributed by atoms with Gasteiger partial charge in [0.15, 0.2) is 0 Å². The molecule has 2 amide bonds. The van der Waals surface area contributed by atoms with Crippen LogP contribution in [0.5, 0.6) is 5.75 Å². The summed E-state index contributed by atoms with van der Waals surface area (Å²) in [5.74, 6) is 0.958. The normalized spacial score (nSPS) is 22.6. The Kier molecular flexibility index (Phi) is 4.95. The molecule has 2 heterocycles. The van der Waals surface area contributed by atoms with Gasteiger partial charge in [-0.05, 0) is 65.5 Å². The highest BCUT2D eigenvalue weighted by molar-refractivity contribution is 5.75. The number of rotatable bonds is 3. The second kappa shape index (κ2) is 6.76. The van der Waals surface area contributed by atoms with E-state index < -0.39 is 0 Å². The molecule has 0 atom stereocenters. The molecule has 0 aliphatic carbocycles. The molecule has 26 heavy (non-hydrogen) atoms. The van der Waals surface area contributed by atoms with Crippen LogP contribution in [0.3, 0.4) is 0 Å². The van der Waals surface area contributed by atoms with Crippen molar-refractivity contribution in [3.8, 4) is 5.75 Å². The summed E-state index contributed by atoms with van der Waals surface area (Å²) in [6.07, 6.45) is 1.97. The minimum absolute atomic E-state index is 0.0304. The zero-order chi connectivity index (χ0) is 19.1. The van der Waals surface area contributed by atoms with E-state index in [0.717, 1.165) is 29.7 Å². The SMILES string of the molecule is Cc1cccc(C)c1OC1CN(C(=O)NC2CC(C)(C)NC(C)(C)C2)C1. The monoisotopic (exact) mass is 359 g/mol. The second-order valence-electron chi connectivity index (χ2n) is 9.31. The molecule has 3 rings (SSSR count). The molecule has 2 saturated heterocycles. The number of piperidine rings is 1. The van der Waals surface area contributed by atoms with Gasteiger partial charge >= 0.3 is 6.03 Å². The molecule has 144 valence electrons. The molecule has 5 heteroatoms. The van der Waals surface area contributed by atoms with Gasteiger partial charge < -0.3 is 20.3 Å². The van der Waals surface area contributed by atoms with Gasteiger partial charge in [0.2, 0.25) is 0 Å². The summed E-state index contributed by atoms with van der Waals surface area (Å²) in [5.41, 5.74) is 2.35. The number of carbonyl (C=O) groups is 1. The summed E-state index contributed by atoms with van der Waals surface area (Å²) in [6, 6.07) is 6.40. The third kappa shape index (κ3) is 4.32. The molecule has 1 aromatic carbocycles. The average molecular weight is 360 g/mol. The Labute approximate surface area is 157 Å². The lowest BCUT2D eigenvalue weighted by Crippen LogP contribution is -2.65. The Morgan fingerprint density at radius 1 is 1.12 bits per heavy atom. The van der Waals surface area contributed by atoms with Crippen LogP contribution >= 0.6 is 0 Å². The number of nitrogens with one attached hydrogen (secondary N) is 2. The van der Waals surface area contributed by atoms with Gasteiger partial charge in [-0.2, -0.15) is 0 Å². The minimum atomic E-state index is 0.0304. The summed E-state index contributed by atoms with van der Waals surface area (Å²) in [4.78, 5) is 14.4. The Hall–Kier alpha value is -1.75. The molecule has 0 spiro atoms. The smallest absolute Gasteiger partial charge is 0.317 e. The number of aryl methyl sites for hydroxylation is 2. The number of ether oxygens (including phenoxy) is 1. The first-order chi connectivity index (χ1) is 12.0. The first-order valence-corrected chi connectivity index (χ1v) is 9.62. The largest absolute Gasteiger partial charge is 0.486 e. The average Bonchev–Trinajstić information content (AvgIpc) is 2.40. The fourth-order valence-electron chi connectivity index (χ4n) is 4.52. The Morgan fingerprint density at radius 2 is 1.65 bits per heavy atom. The Morgan fingerprint density at radius 3 is 2.19 bits per heavy atom. The molecule has 2 aliphatic heterocycles. The molecule has 2 N–H and O–H groups in total. The number of amides is 2. The molecule has 1 aromatic rings. The van der Waals surface area contributed by atoms with Crippen LogP contribution in [0.15, 0.2) is 18.2 Å². The van der Waals surface area contributed by atoms with Gasteiger partial charge in [0.25, 0.3) is 0 Å². The van der Waals surface area contributed by atoms with Crippen molar-refractivity contribution in [3.05, 3.63) is 29.3 Å². The van der Waals surface area contributed by atoms with E-state index in [1.807, 2.05) is 11.0 Å². The maximum atomic E-state index is 12.6. The molecule has 0 bridgehead atoms. The van der Waals surface area contributed by atoms with Crippen LogP contribution in [0.1, 0.15) is 51.7 Å². The van der Waals surface area contributed by atoms with Gasteiger partial charge in [0.05, 0.1) is 13.1 Å². The maximum absolute atomic E-state index is 12.6. The van der Waals surface area contributed by atoms with Crippen molar-refractivity contribution in [3.63, 3.8) is 0 Å². The van der Waals surface area contributed by atoms with E-state index in [0.29, 0.717) is 13.1 Å². The zero-order valence-corrected chi connectivity index (χ0v) is 17.0. The second-order valence-corrected chi connectivity index (χ2v) is 9.31. The van der Waals surface area contributed by atoms with E-state index >= 15 is 0 Å². The van der Waals surface area contributed by atoms with Gasteiger partial charge in [0.1, 0.15) is 11.9 Å². The fourth-order valence-corrected chi connectivity index (χ4v) is 4.52. The Bertz CT molecular complexity index is 642. The van der Waals surface area contributed by atoms with Crippen LogP contribution in [0, 0.1) is 13.8 Å². The van der Waals surface area contributed by atoms with Crippen LogP contribution in [-0.4, -0.2) is 47.2 Å². The first kappa shape index (κ1) is 19.0. The van der Waals surface area contributed by atoms with E-state index in [1.54, 1.807) is 0 Å². The lowest BCUT2D eigenvalue weighted by Gasteiger charge is -2.47. The number of urea groups is 1. The van der Waals surface area contributed by atoms with Crippen molar-refractivity contribution in [2.75, 3.05) is 13.1 Å². The number of hydrogen-bond acceptors (Lipinski definition) is 3. The van der Waals surface area contributed by atoms with Crippen LogP contribution in [0.2, 0.25) is 0 Å². The van der Waals surface area contributed by atoms with Crippen molar-refractivity contribution >= 4 is 6.03 Å². The van der Waals surface area contributed by atoms with E-state index in [1.165, 1.54) is 0 Å². The van der Waals surface area contributed by atoms with Crippen molar-refractivity contribution in [1.29, 1.82) is 0 Å². The minimum Gasteiger partial charge on any atom is -0.486 e. The summed E-state index contributed by atoms with van der Waals surface area (Å²) >= 11 is 0. The predicted molar refractivity (Wildman–Crippen MR) is 105 cm³/mol. The van der Waals surface area contributed by atoms with E-state index in [-0.39, 0.29) is 29.3 Å². The van der Waals surface area contributed by atoms with Crippen molar-refractivity contribution in [2.24, 2.45) is 0 Å². The zero-order valence-electron chi connectivity index (χ0n) is 17.0. The standard InChI is InChI=1S/C21H33N3O2/c1-14-8-7-9-15(2)18(14)26-17-12-24(13-17)19(25)22-16-10-20(3,4)23-21(5,6)11-16/h7-9,16-17,23H,10-13H2,1-6H3,(H,22,25). The summed E-state index contributed by atoms with van der Waals surface area (Å²) in [6.45, 7) is 14.2. The van der Waals surface area contributed by atoms with Crippen LogP contribution < -0.4 is 15.4 Å². The predicted octanol–water partition coefficient (Wildman–Crippen LogP) is 3.39. The molecule has 0 unspecified atom stereocenters. The number of hydrogen-bond donors (Lipinski definition) is 2. The molecular weight excluding hydrogens is 326 g/mol. The van der Waals surface area contributed by atoms with Crippen molar-refractivity contribution in [2.45, 2.75) is 77.6 Å². The third-order valence-electron chi connectivity index (χ3n) is 5.35. The van der Waals surface area contributed by atoms with E-state index in [4.69, 9.17) is 4.74 Å². The number of nitrogens with zero attached hydrogens (tertiary/aromatic N) is 1. The lowest BCUT2D eigenvalue weighted by molar-refractivity contribution is 0.0401. The molecular formula is C21H33N3O2. The van der Waals surface area contributed by atoms with Crippen molar-refractivity contribution in [1.82, 2.24) is 15.5 Å². The van der Waals surface area contributed by atoms with Crippen LogP contribution in [0.4, 0.5) is 4.79 Å². The number of para-hydroxylation sites is 1. The van der Waals surface area contributed by atoms with E-state index in [9.17, 15) is 4.79 Å². The van der Waals surface area contributed by atoms with Gasteiger partial charge in [0, 0.05) is 17.1 Å². The molecule has 0 aromatic heterocycles. The fraction of sp³-hybridized carbons (Fsp3) is 0.667. The summed E-state index contributed by atoms with van der Waals surface area (Å²) in [5, 5.41) is 6.88. The summed E-state index contributed by atoms with van der Waals surface area (Å²) in [7, 11) is 0. The topological polar surface area (TPSA) is 53.6 Å². The third-order valence-corrected chi connectivity index (χ3v) is 5.35. The van der Waals surface area contributed by atoms with Gasteiger partial charge in [-0.3, -0.25) is 0 Å². The van der Waals surface area contributed by atoms with Crippen molar-refractivity contribution < 1.29 is 9.53 Å². The molecule has 0 saturated carbocycles. The lowest BCUT2D eigenvalue weighted by atomic mass is 9.79. The maximum Gasteiger partial charge on any atom is 0.317 e.